The van der Waals surface area contributed by atoms with E-state index in [9.17, 15) is 14.5 Å². The Morgan fingerprint density at radius 2 is 2.29 bits per heavy atom. The van der Waals surface area contributed by atoms with Gasteiger partial charge in [-0.15, -0.1) is 0 Å². The van der Waals surface area contributed by atoms with Gasteiger partial charge >= 0.3 is 5.69 Å². The standard InChI is InChI=1S/C7H3ClFN3O2/c8-7-5-4(10-11-7)2-1-3(9)6(5)12(13)14/h1-2H,(H,10,11). The first-order chi connectivity index (χ1) is 6.61. The van der Waals surface area contributed by atoms with Crippen LogP contribution in [0.25, 0.3) is 10.9 Å². The first-order valence-electron chi connectivity index (χ1n) is 3.57. The van der Waals surface area contributed by atoms with Crippen molar-refractivity contribution in [2.45, 2.75) is 0 Å². The molecule has 1 aromatic carbocycles. The van der Waals surface area contributed by atoms with Crippen molar-refractivity contribution in [2.24, 2.45) is 0 Å². The third-order valence-corrected chi connectivity index (χ3v) is 2.06. The minimum Gasteiger partial charge on any atom is -0.266 e. The molecular weight excluding hydrogens is 213 g/mol. The normalized spacial score (nSPS) is 10.7. The molecule has 0 bridgehead atoms. The van der Waals surface area contributed by atoms with E-state index >= 15 is 0 Å². The molecule has 1 aromatic heterocycles. The van der Waals surface area contributed by atoms with Crippen molar-refractivity contribution in [2.75, 3.05) is 0 Å². The second-order valence-corrected chi connectivity index (χ2v) is 2.96. The molecule has 1 heterocycles. The minimum atomic E-state index is -0.925. The van der Waals surface area contributed by atoms with Crippen molar-refractivity contribution in [3.8, 4) is 0 Å². The second-order valence-electron chi connectivity index (χ2n) is 2.58. The summed E-state index contributed by atoms with van der Waals surface area (Å²) >= 11 is 5.60. The van der Waals surface area contributed by atoms with Crippen molar-refractivity contribution in [3.05, 3.63) is 33.2 Å². The van der Waals surface area contributed by atoms with Crippen LogP contribution in [0.3, 0.4) is 0 Å². The Labute approximate surface area is 81.6 Å². The molecule has 2 aromatic rings. The van der Waals surface area contributed by atoms with E-state index in [0.717, 1.165) is 6.07 Å². The van der Waals surface area contributed by atoms with Crippen LogP contribution in [0, 0.1) is 15.9 Å². The summed E-state index contributed by atoms with van der Waals surface area (Å²) in [6.45, 7) is 0. The lowest BCUT2D eigenvalue weighted by Gasteiger charge is -1.94. The average Bonchev–Trinajstić information content (AvgIpc) is 2.47. The minimum absolute atomic E-state index is 0.00309. The molecule has 0 unspecified atom stereocenters. The lowest BCUT2D eigenvalue weighted by Crippen LogP contribution is -1.92. The third-order valence-electron chi connectivity index (χ3n) is 1.78. The summed E-state index contributed by atoms with van der Waals surface area (Å²) < 4.78 is 13.1. The highest BCUT2D eigenvalue weighted by atomic mass is 35.5. The smallest absolute Gasteiger partial charge is 0.266 e. The first kappa shape index (κ1) is 8.89. The molecule has 0 saturated heterocycles. The Morgan fingerprint density at radius 3 is 2.93 bits per heavy atom. The predicted octanol–water partition coefficient (Wildman–Crippen LogP) is 2.26. The van der Waals surface area contributed by atoms with Gasteiger partial charge in [-0.3, -0.25) is 15.2 Å². The van der Waals surface area contributed by atoms with Crippen molar-refractivity contribution in [1.29, 1.82) is 0 Å². The molecule has 0 radical (unpaired) electrons. The Kier molecular flexibility index (Phi) is 1.85. The highest BCUT2D eigenvalue weighted by molar-refractivity contribution is 6.35. The number of nitrogens with zero attached hydrogens (tertiary/aromatic N) is 2. The van der Waals surface area contributed by atoms with Gasteiger partial charge in [0.2, 0.25) is 5.82 Å². The summed E-state index contributed by atoms with van der Waals surface area (Å²) in [5.41, 5.74) is -0.385. The van der Waals surface area contributed by atoms with Gasteiger partial charge in [-0.1, -0.05) is 11.6 Å². The number of benzene rings is 1. The zero-order valence-electron chi connectivity index (χ0n) is 6.62. The van der Waals surface area contributed by atoms with Crippen LogP contribution >= 0.6 is 11.6 Å². The summed E-state index contributed by atoms with van der Waals surface area (Å²) in [5, 5.41) is 16.5. The molecular formula is C7H3ClFN3O2. The number of nitrogens with one attached hydrogen (secondary N) is 1. The molecule has 14 heavy (non-hydrogen) atoms. The van der Waals surface area contributed by atoms with Crippen LogP contribution in [0.1, 0.15) is 0 Å². The van der Waals surface area contributed by atoms with Gasteiger partial charge in [-0.05, 0) is 12.1 Å². The summed E-state index contributed by atoms with van der Waals surface area (Å²) in [7, 11) is 0. The summed E-state index contributed by atoms with van der Waals surface area (Å²) in [5.74, 6) is -0.925. The number of fused-ring (bicyclic) bond motifs is 1. The van der Waals surface area contributed by atoms with Crippen molar-refractivity contribution < 1.29 is 9.31 Å². The maximum atomic E-state index is 13.1. The number of aromatic amines is 1. The molecule has 1 N–H and O–H groups in total. The quantitative estimate of drug-likeness (QED) is 0.586. The summed E-state index contributed by atoms with van der Waals surface area (Å²) in [6, 6.07) is 2.30. The van der Waals surface area contributed by atoms with E-state index in [0.29, 0.717) is 0 Å². The van der Waals surface area contributed by atoms with E-state index in [4.69, 9.17) is 11.6 Å². The molecule has 5 nitrogen and oxygen atoms in total. The Hall–Kier alpha value is -1.69. The number of halogens is 2. The van der Waals surface area contributed by atoms with E-state index < -0.39 is 16.4 Å². The molecule has 0 saturated carbocycles. The maximum Gasteiger partial charge on any atom is 0.317 e. The second kappa shape index (κ2) is 2.91. The Morgan fingerprint density at radius 1 is 1.57 bits per heavy atom. The number of rotatable bonds is 1. The monoisotopic (exact) mass is 215 g/mol. The number of nitro benzene ring substituents is 1. The van der Waals surface area contributed by atoms with Crippen LogP contribution in [-0.2, 0) is 0 Å². The van der Waals surface area contributed by atoms with E-state index in [1.165, 1.54) is 6.07 Å². The maximum absolute atomic E-state index is 13.1. The largest absolute Gasteiger partial charge is 0.317 e. The van der Waals surface area contributed by atoms with Crippen LogP contribution in [0.5, 0.6) is 0 Å². The van der Waals surface area contributed by atoms with E-state index in [1.54, 1.807) is 0 Å². The van der Waals surface area contributed by atoms with Crippen molar-refractivity contribution in [3.63, 3.8) is 0 Å². The average molecular weight is 216 g/mol. The SMILES string of the molecule is O=[N+]([O-])c1c(F)ccc2n[nH]c(Cl)c12. The number of nitro groups is 1. The van der Waals surface area contributed by atoms with Crippen molar-refractivity contribution >= 4 is 28.2 Å². The molecule has 2 rings (SSSR count). The van der Waals surface area contributed by atoms with Crippen molar-refractivity contribution in [1.82, 2.24) is 10.2 Å². The first-order valence-corrected chi connectivity index (χ1v) is 3.95. The van der Waals surface area contributed by atoms with Gasteiger partial charge in [0.1, 0.15) is 16.1 Å². The topological polar surface area (TPSA) is 71.8 Å². The third kappa shape index (κ3) is 1.12. The van der Waals surface area contributed by atoms with Gasteiger partial charge in [0.15, 0.2) is 0 Å². The molecule has 0 spiro atoms. The van der Waals surface area contributed by atoms with Crippen LogP contribution < -0.4 is 0 Å². The Balaban J connectivity index is 2.94. The lowest BCUT2D eigenvalue weighted by atomic mass is 10.2. The van der Waals surface area contributed by atoms with Crippen LogP contribution in [0.4, 0.5) is 10.1 Å². The summed E-state index contributed by atoms with van der Waals surface area (Å²) in [6.07, 6.45) is 0. The summed E-state index contributed by atoms with van der Waals surface area (Å²) in [4.78, 5) is 9.73. The number of hydrogen-bond donors (Lipinski definition) is 1. The zero-order valence-corrected chi connectivity index (χ0v) is 7.38. The van der Waals surface area contributed by atoms with Gasteiger partial charge in [0, 0.05) is 0 Å². The van der Waals surface area contributed by atoms with Gasteiger partial charge in [-0.2, -0.15) is 9.49 Å². The zero-order chi connectivity index (χ0) is 10.3. The van der Waals surface area contributed by atoms with E-state index in [-0.39, 0.29) is 16.1 Å². The highest BCUT2D eigenvalue weighted by Crippen LogP contribution is 2.32. The number of H-pyrrole nitrogens is 1. The van der Waals surface area contributed by atoms with E-state index in [2.05, 4.69) is 10.2 Å². The van der Waals surface area contributed by atoms with Gasteiger partial charge in [0.25, 0.3) is 0 Å². The van der Waals surface area contributed by atoms with E-state index in [1.807, 2.05) is 0 Å². The van der Waals surface area contributed by atoms with Gasteiger partial charge in [-0.25, -0.2) is 0 Å². The molecule has 0 atom stereocenters. The van der Waals surface area contributed by atoms with Crippen LogP contribution in [0.15, 0.2) is 12.1 Å². The lowest BCUT2D eigenvalue weighted by molar-refractivity contribution is -0.385. The molecule has 72 valence electrons. The predicted molar refractivity (Wildman–Crippen MR) is 47.7 cm³/mol. The molecule has 0 fully saturated rings. The fourth-order valence-corrected chi connectivity index (χ4v) is 1.44. The molecule has 0 aliphatic carbocycles. The number of hydrogen-bond acceptors (Lipinski definition) is 3. The van der Waals surface area contributed by atoms with Crippen LogP contribution in [-0.4, -0.2) is 15.1 Å². The number of aromatic nitrogens is 2. The fourth-order valence-electron chi connectivity index (χ4n) is 1.21. The Bertz CT molecular complexity index is 525. The van der Waals surface area contributed by atoms with Crippen LogP contribution in [0.2, 0.25) is 5.15 Å². The fraction of sp³-hybridized carbons (Fsp3) is 0. The highest BCUT2D eigenvalue weighted by Gasteiger charge is 2.22. The molecule has 0 amide bonds. The molecule has 7 heteroatoms. The molecule has 0 aliphatic heterocycles. The molecule has 0 aliphatic rings. The van der Waals surface area contributed by atoms with Gasteiger partial charge < -0.3 is 0 Å². The van der Waals surface area contributed by atoms with Gasteiger partial charge in [0.05, 0.1) is 4.92 Å².